The van der Waals surface area contributed by atoms with Gasteiger partial charge in [-0.15, -0.1) is 0 Å². The maximum atomic E-state index is 12.6. The van der Waals surface area contributed by atoms with Crippen molar-refractivity contribution in [1.29, 1.82) is 0 Å². The lowest BCUT2D eigenvalue weighted by atomic mass is 10.2. The number of nitrogens with zero attached hydrogens (tertiary/aromatic N) is 6. The van der Waals surface area contributed by atoms with Gasteiger partial charge in [-0.1, -0.05) is 0 Å². The van der Waals surface area contributed by atoms with Crippen molar-refractivity contribution in [2.75, 3.05) is 32.1 Å². The summed E-state index contributed by atoms with van der Waals surface area (Å²) in [5.74, 6) is 1.20. The molecule has 8 heteroatoms. The van der Waals surface area contributed by atoms with E-state index in [1.807, 2.05) is 7.05 Å². The third-order valence-electron chi connectivity index (χ3n) is 4.21. The minimum atomic E-state index is -0.0250. The van der Waals surface area contributed by atoms with Gasteiger partial charge < -0.3 is 14.5 Å². The Labute approximate surface area is 134 Å². The molecule has 1 aliphatic rings. The second-order valence-corrected chi connectivity index (χ2v) is 5.53. The Hall–Kier alpha value is -2.64. The SMILES string of the molecule is COc1nccnc1N1CC[C@@H](N(C)C(=O)c2ccnn2C)C1. The van der Waals surface area contributed by atoms with Gasteiger partial charge in [0.25, 0.3) is 11.8 Å². The molecule has 0 aliphatic carbocycles. The van der Waals surface area contributed by atoms with Crippen LogP contribution in [0.3, 0.4) is 0 Å². The van der Waals surface area contributed by atoms with Crippen molar-refractivity contribution in [3.8, 4) is 5.88 Å². The third kappa shape index (κ3) is 2.84. The molecule has 8 nitrogen and oxygen atoms in total. The van der Waals surface area contributed by atoms with Crippen LogP contribution in [0.25, 0.3) is 0 Å². The molecule has 3 rings (SSSR count). The molecule has 0 bridgehead atoms. The van der Waals surface area contributed by atoms with Crippen LogP contribution in [0.1, 0.15) is 16.9 Å². The zero-order valence-electron chi connectivity index (χ0n) is 13.5. The van der Waals surface area contributed by atoms with Gasteiger partial charge in [-0.05, 0) is 12.5 Å². The summed E-state index contributed by atoms with van der Waals surface area (Å²) in [7, 11) is 5.18. The van der Waals surface area contributed by atoms with Gasteiger partial charge in [0, 0.05) is 45.8 Å². The largest absolute Gasteiger partial charge is 0.478 e. The van der Waals surface area contributed by atoms with Crippen molar-refractivity contribution in [2.45, 2.75) is 12.5 Å². The number of ether oxygens (including phenoxy) is 1. The van der Waals surface area contributed by atoms with E-state index in [0.717, 1.165) is 18.8 Å². The minimum Gasteiger partial charge on any atom is -0.478 e. The number of carbonyl (C=O) groups is 1. The molecule has 1 saturated heterocycles. The second kappa shape index (κ2) is 6.23. The first-order valence-electron chi connectivity index (χ1n) is 7.47. The number of methoxy groups -OCH3 is 1. The summed E-state index contributed by atoms with van der Waals surface area (Å²) < 4.78 is 6.86. The molecule has 0 unspecified atom stereocenters. The van der Waals surface area contributed by atoms with E-state index in [4.69, 9.17) is 4.74 Å². The van der Waals surface area contributed by atoms with Crippen LogP contribution in [0.5, 0.6) is 5.88 Å². The molecule has 1 atom stereocenters. The van der Waals surface area contributed by atoms with Crippen LogP contribution < -0.4 is 9.64 Å². The molecule has 0 spiro atoms. The van der Waals surface area contributed by atoms with Crippen molar-refractivity contribution >= 4 is 11.7 Å². The van der Waals surface area contributed by atoms with Gasteiger partial charge in [0.15, 0.2) is 5.82 Å². The van der Waals surface area contributed by atoms with Gasteiger partial charge in [0.05, 0.1) is 13.2 Å². The Bertz CT molecular complexity index is 701. The number of hydrogen-bond acceptors (Lipinski definition) is 6. The summed E-state index contributed by atoms with van der Waals surface area (Å²) in [5.41, 5.74) is 0.586. The summed E-state index contributed by atoms with van der Waals surface area (Å²) in [6.45, 7) is 1.51. The molecule has 1 fully saturated rings. The summed E-state index contributed by atoms with van der Waals surface area (Å²) in [6, 6.07) is 1.85. The van der Waals surface area contributed by atoms with E-state index in [1.54, 1.807) is 48.4 Å². The Morgan fingerprint density at radius 1 is 1.35 bits per heavy atom. The first-order chi connectivity index (χ1) is 11.1. The first kappa shape index (κ1) is 15.3. The lowest BCUT2D eigenvalue weighted by Gasteiger charge is -2.25. The Balaban J connectivity index is 1.72. The summed E-state index contributed by atoms with van der Waals surface area (Å²) in [6.07, 6.45) is 5.76. The van der Waals surface area contributed by atoms with Crippen LogP contribution in [0.4, 0.5) is 5.82 Å². The minimum absolute atomic E-state index is 0.0250. The van der Waals surface area contributed by atoms with Gasteiger partial charge in [0.2, 0.25) is 0 Å². The number of hydrogen-bond donors (Lipinski definition) is 0. The molecule has 2 aromatic heterocycles. The molecule has 1 aliphatic heterocycles. The highest BCUT2D eigenvalue weighted by Crippen LogP contribution is 2.27. The van der Waals surface area contributed by atoms with E-state index >= 15 is 0 Å². The number of rotatable bonds is 4. The average molecular weight is 316 g/mol. The number of carbonyl (C=O) groups excluding carboxylic acids is 1. The van der Waals surface area contributed by atoms with Crippen molar-refractivity contribution in [1.82, 2.24) is 24.6 Å². The quantitative estimate of drug-likeness (QED) is 0.821. The molecule has 0 radical (unpaired) electrons. The Morgan fingerprint density at radius 3 is 2.83 bits per heavy atom. The smallest absolute Gasteiger partial charge is 0.272 e. The van der Waals surface area contributed by atoms with E-state index in [2.05, 4.69) is 20.0 Å². The molecule has 3 heterocycles. The number of aryl methyl sites for hydroxylation is 1. The van der Waals surface area contributed by atoms with Crippen molar-refractivity contribution in [3.05, 3.63) is 30.4 Å². The summed E-state index contributed by atoms with van der Waals surface area (Å²) >= 11 is 0. The predicted octanol–water partition coefficient (Wildman–Crippen LogP) is 0.570. The zero-order chi connectivity index (χ0) is 16.4. The fourth-order valence-electron chi connectivity index (χ4n) is 2.86. The second-order valence-electron chi connectivity index (χ2n) is 5.53. The molecule has 0 N–H and O–H groups in total. The topological polar surface area (TPSA) is 76.4 Å². The fraction of sp³-hybridized carbons (Fsp3) is 0.467. The van der Waals surface area contributed by atoms with Crippen LogP contribution in [-0.2, 0) is 7.05 Å². The molecular formula is C15H20N6O2. The van der Waals surface area contributed by atoms with E-state index in [9.17, 15) is 4.79 Å². The van der Waals surface area contributed by atoms with Crippen LogP contribution >= 0.6 is 0 Å². The molecule has 122 valence electrons. The van der Waals surface area contributed by atoms with Crippen LogP contribution in [0, 0.1) is 0 Å². The highest BCUT2D eigenvalue weighted by molar-refractivity contribution is 5.92. The normalized spacial score (nSPS) is 17.3. The predicted molar refractivity (Wildman–Crippen MR) is 84.5 cm³/mol. The monoisotopic (exact) mass is 316 g/mol. The third-order valence-corrected chi connectivity index (χ3v) is 4.21. The van der Waals surface area contributed by atoms with Crippen LogP contribution in [0.15, 0.2) is 24.7 Å². The van der Waals surface area contributed by atoms with Crippen molar-refractivity contribution in [3.63, 3.8) is 0 Å². The molecule has 1 amide bonds. The molecule has 0 saturated carbocycles. The Morgan fingerprint density at radius 2 is 2.13 bits per heavy atom. The lowest BCUT2D eigenvalue weighted by molar-refractivity contribution is 0.0734. The molecule has 23 heavy (non-hydrogen) atoms. The molecular weight excluding hydrogens is 296 g/mol. The Kier molecular flexibility index (Phi) is 4.14. The zero-order valence-corrected chi connectivity index (χ0v) is 13.5. The van der Waals surface area contributed by atoms with Gasteiger partial charge in [-0.3, -0.25) is 9.48 Å². The van der Waals surface area contributed by atoms with Crippen LogP contribution in [0.2, 0.25) is 0 Å². The highest BCUT2D eigenvalue weighted by atomic mass is 16.5. The fourth-order valence-corrected chi connectivity index (χ4v) is 2.86. The number of likely N-dealkylation sites (N-methyl/N-ethyl adjacent to an activating group) is 1. The average Bonchev–Trinajstić information content (AvgIpc) is 3.22. The molecule has 2 aromatic rings. The van der Waals surface area contributed by atoms with E-state index in [0.29, 0.717) is 18.1 Å². The summed E-state index contributed by atoms with van der Waals surface area (Å²) in [5, 5.41) is 4.06. The first-order valence-corrected chi connectivity index (χ1v) is 7.47. The van der Waals surface area contributed by atoms with E-state index in [-0.39, 0.29) is 11.9 Å². The van der Waals surface area contributed by atoms with Crippen LogP contribution in [-0.4, -0.2) is 63.8 Å². The van der Waals surface area contributed by atoms with Crippen molar-refractivity contribution in [2.24, 2.45) is 7.05 Å². The molecule has 0 aromatic carbocycles. The number of aromatic nitrogens is 4. The standard InChI is InChI=1S/C15H20N6O2/c1-19(15(22)12-4-6-18-20(12)2)11-5-9-21(10-11)13-14(23-3)17-8-7-16-13/h4,6-8,11H,5,9-10H2,1-3H3/t11-/m1/s1. The van der Waals surface area contributed by atoms with Gasteiger partial charge in [0.1, 0.15) is 5.69 Å². The lowest BCUT2D eigenvalue weighted by Crippen LogP contribution is -2.40. The number of anilines is 1. The van der Waals surface area contributed by atoms with Crippen molar-refractivity contribution < 1.29 is 9.53 Å². The van der Waals surface area contributed by atoms with Gasteiger partial charge in [-0.2, -0.15) is 5.10 Å². The highest BCUT2D eigenvalue weighted by Gasteiger charge is 2.31. The van der Waals surface area contributed by atoms with E-state index in [1.165, 1.54) is 0 Å². The van der Waals surface area contributed by atoms with Gasteiger partial charge >= 0.3 is 0 Å². The maximum absolute atomic E-state index is 12.6. The van der Waals surface area contributed by atoms with E-state index < -0.39 is 0 Å². The maximum Gasteiger partial charge on any atom is 0.272 e. The van der Waals surface area contributed by atoms with Gasteiger partial charge in [-0.25, -0.2) is 9.97 Å². The number of amides is 1. The summed E-state index contributed by atoms with van der Waals surface area (Å²) in [4.78, 5) is 25.0.